The predicted molar refractivity (Wildman–Crippen MR) is 193 cm³/mol. The number of rotatable bonds is 12. The van der Waals surface area contributed by atoms with E-state index in [1.54, 1.807) is 28.6 Å². The van der Waals surface area contributed by atoms with Crippen molar-refractivity contribution in [1.82, 2.24) is 37.8 Å². The average Bonchev–Trinajstić information content (AvgIpc) is 3.85. The van der Waals surface area contributed by atoms with Crippen LogP contribution in [0.3, 0.4) is 0 Å². The topological polar surface area (TPSA) is 133 Å². The molecule has 2 amide bonds. The summed E-state index contributed by atoms with van der Waals surface area (Å²) >= 11 is 0. The molecule has 0 saturated heterocycles. The summed E-state index contributed by atoms with van der Waals surface area (Å²) in [6.45, 7) is 10.0. The van der Waals surface area contributed by atoms with Crippen LogP contribution in [0.2, 0.25) is 0 Å². The number of imidazole rings is 2. The Bertz CT molecular complexity index is 2410. The van der Waals surface area contributed by atoms with Crippen LogP contribution < -0.4 is 11.2 Å². The van der Waals surface area contributed by atoms with E-state index in [-0.39, 0.29) is 18.6 Å². The van der Waals surface area contributed by atoms with Gasteiger partial charge < -0.3 is 27.7 Å². The van der Waals surface area contributed by atoms with Crippen molar-refractivity contribution in [3.8, 4) is 0 Å². The zero-order chi connectivity index (χ0) is 36.2. The Kier molecular flexibility index (Phi) is 10.4. The Hall–Kier alpha value is -5.60. The molecule has 0 aliphatic rings. The van der Waals surface area contributed by atoms with Crippen molar-refractivity contribution in [3.05, 3.63) is 106 Å². The number of aryl methyl sites for hydroxylation is 6. The molecule has 266 valence electrons. The third-order valence-corrected chi connectivity index (χ3v) is 8.79. The Morgan fingerprint density at radius 3 is 1.86 bits per heavy atom. The fourth-order valence-corrected chi connectivity index (χ4v) is 6.47. The lowest BCUT2D eigenvalue weighted by Gasteiger charge is -2.08. The molecule has 0 unspecified atom stereocenters. The standard InChI is InChI=1S/C37H44N10O4/c1-8-46-31(21-25(3)40-46)34(48)38-36-42(5)28-16-10-11-17-29(28)44(36)19-12-13-20-45-33-27(23-51-24-50-7)15-14-18-30(33)43(6)37(45)39-35(49)32-22-26(4)41-47(32)9-2/h10-18,21-22H,8-9,19-20,23-24H2,1-7H3/b13-12+,38-36?,39-37?. The summed E-state index contributed by atoms with van der Waals surface area (Å²) in [4.78, 5) is 36.4. The largest absolute Gasteiger partial charge is 0.359 e. The number of hydrogen-bond acceptors (Lipinski definition) is 6. The molecule has 0 N–H and O–H groups in total. The van der Waals surface area contributed by atoms with Gasteiger partial charge in [-0.25, -0.2) is 0 Å². The number of amides is 2. The second kappa shape index (κ2) is 15.1. The lowest BCUT2D eigenvalue weighted by Crippen LogP contribution is -2.27. The van der Waals surface area contributed by atoms with E-state index in [9.17, 15) is 9.59 Å². The maximum Gasteiger partial charge on any atom is 0.298 e. The van der Waals surface area contributed by atoms with Crippen LogP contribution in [-0.2, 0) is 56.4 Å². The van der Waals surface area contributed by atoms with Crippen molar-refractivity contribution in [2.75, 3.05) is 13.9 Å². The Morgan fingerprint density at radius 2 is 1.27 bits per heavy atom. The van der Waals surface area contributed by atoms with Crippen LogP contribution in [-0.4, -0.2) is 63.5 Å². The van der Waals surface area contributed by atoms with E-state index >= 15 is 0 Å². The summed E-state index contributed by atoms with van der Waals surface area (Å²) in [5.74, 6) is -0.730. The highest BCUT2D eigenvalue weighted by molar-refractivity contribution is 5.94. The number of carbonyl (C=O) groups is 2. The van der Waals surface area contributed by atoms with Crippen molar-refractivity contribution in [3.63, 3.8) is 0 Å². The smallest absolute Gasteiger partial charge is 0.298 e. The van der Waals surface area contributed by atoms with Crippen molar-refractivity contribution >= 4 is 33.9 Å². The molecule has 0 aliphatic heterocycles. The number of benzene rings is 2. The second-order valence-corrected chi connectivity index (χ2v) is 12.2. The first kappa shape index (κ1) is 35.2. The van der Waals surface area contributed by atoms with E-state index in [0.717, 1.165) is 39.0 Å². The number of methoxy groups -OCH3 is 1. The van der Waals surface area contributed by atoms with Crippen molar-refractivity contribution in [1.29, 1.82) is 0 Å². The van der Waals surface area contributed by atoms with Crippen molar-refractivity contribution in [2.24, 2.45) is 24.1 Å². The van der Waals surface area contributed by atoms with Crippen LogP contribution in [0.25, 0.3) is 22.1 Å². The summed E-state index contributed by atoms with van der Waals surface area (Å²) < 4.78 is 22.1. The number of hydrogen-bond donors (Lipinski definition) is 0. The van der Waals surface area contributed by atoms with Gasteiger partial charge in [-0.1, -0.05) is 36.4 Å². The van der Waals surface area contributed by atoms with Gasteiger partial charge in [0.2, 0.25) is 11.2 Å². The highest BCUT2D eigenvalue weighted by Crippen LogP contribution is 2.20. The lowest BCUT2D eigenvalue weighted by atomic mass is 10.2. The molecular formula is C37H44N10O4. The normalized spacial score (nSPS) is 12.8. The quantitative estimate of drug-likeness (QED) is 0.107. The molecule has 6 rings (SSSR count). The van der Waals surface area contributed by atoms with Gasteiger partial charge in [-0.3, -0.25) is 19.0 Å². The van der Waals surface area contributed by atoms with Crippen LogP contribution in [0.15, 0.2) is 76.7 Å². The van der Waals surface area contributed by atoms with Gasteiger partial charge in [0, 0.05) is 52.9 Å². The molecule has 0 atom stereocenters. The van der Waals surface area contributed by atoms with E-state index in [4.69, 9.17) is 9.47 Å². The molecule has 4 heterocycles. The van der Waals surface area contributed by atoms with Gasteiger partial charge in [-0.2, -0.15) is 20.2 Å². The maximum absolute atomic E-state index is 13.6. The van der Waals surface area contributed by atoms with E-state index in [1.165, 1.54) is 0 Å². The van der Waals surface area contributed by atoms with Gasteiger partial charge in [-0.05, 0) is 58.0 Å². The first-order chi connectivity index (χ1) is 24.7. The van der Waals surface area contributed by atoms with Gasteiger partial charge >= 0.3 is 0 Å². The van der Waals surface area contributed by atoms with Crippen molar-refractivity contribution in [2.45, 2.75) is 60.5 Å². The van der Waals surface area contributed by atoms with Crippen LogP contribution in [0, 0.1) is 13.8 Å². The molecule has 2 aromatic carbocycles. The maximum atomic E-state index is 13.6. The zero-order valence-corrected chi connectivity index (χ0v) is 30.2. The van der Waals surface area contributed by atoms with Gasteiger partial charge in [0.25, 0.3) is 11.8 Å². The van der Waals surface area contributed by atoms with Crippen LogP contribution in [0.5, 0.6) is 0 Å². The number of aromatic nitrogens is 8. The number of carbonyl (C=O) groups excluding carboxylic acids is 2. The summed E-state index contributed by atoms with van der Waals surface area (Å²) in [7, 11) is 5.40. The number of para-hydroxylation sites is 3. The third kappa shape index (κ3) is 6.92. The molecule has 0 aliphatic carbocycles. The zero-order valence-electron chi connectivity index (χ0n) is 30.2. The van der Waals surface area contributed by atoms with E-state index in [2.05, 4.69) is 20.2 Å². The molecule has 6 aromatic rings. The summed E-state index contributed by atoms with van der Waals surface area (Å²) in [5, 5.41) is 8.88. The molecule has 0 saturated carbocycles. The number of ether oxygens (including phenoxy) is 2. The first-order valence-electron chi connectivity index (χ1n) is 17.0. The Morgan fingerprint density at radius 1 is 0.745 bits per heavy atom. The number of fused-ring (bicyclic) bond motifs is 2. The highest BCUT2D eigenvalue weighted by atomic mass is 16.7. The molecule has 14 nitrogen and oxygen atoms in total. The Labute approximate surface area is 295 Å². The Balaban J connectivity index is 1.42. The molecule has 0 radical (unpaired) electrons. The third-order valence-electron chi connectivity index (χ3n) is 8.79. The van der Waals surface area contributed by atoms with Crippen LogP contribution in [0.1, 0.15) is 51.8 Å². The molecule has 4 aromatic heterocycles. The van der Waals surface area contributed by atoms with E-state index < -0.39 is 0 Å². The number of allylic oxidation sites excluding steroid dienone is 2. The highest BCUT2D eigenvalue weighted by Gasteiger charge is 2.18. The minimum Gasteiger partial charge on any atom is -0.359 e. The summed E-state index contributed by atoms with van der Waals surface area (Å²) in [6, 6.07) is 17.5. The van der Waals surface area contributed by atoms with Crippen LogP contribution in [0.4, 0.5) is 0 Å². The lowest BCUT2D eigenvalue weighted by molar-refractivity contribution is -0.0387. The van der Waals surface area contributed by atoms with Crippen LogP contribution >= 0.6 is 0 Å². The minimum atomic E-state index is -0.375. The molecular weight excluding hydrogens is 648 g/mol. The molecule has 0 spiro atoms. The second-order valence-electron chi connectivity index (χ2n) is 12.2. The monoisotopic (exact) mass is 692 g/mol. The van der Waals surface area contributed by atoms with Gasteiger partial charge in [-0.15, -0.1) is 0 Å². The van der Waals surface area contributed by atoms with Gasteiger partial charge in [0.15, 0.2) is 0 Å². The molecule has 0 fully saturated rings. The first-order valence-corrected chi connectivity index (χ1v) is 17.0. The molecule has 0 bridgehead atoms. The predicted octanol–water partition coefficient (Wildman–Crippen LogP) is 4.18. The average molecular weight is 693 g/mol. The molecule has 14 heteroatoms. The minimum absolute atomic E-state index is 0.151. The van der Waals surface area contributed by atoms with Gasteiger partial charge in [0.05, 0.1) is 40.1 Å². The number of nitrogens with zero attached hydrogens (tertiary/aromatic N) is 10. The summed E-state index contributed by atoms with van der Waals surface area (Å²) in [5.41, 5.74) is 8.03. The van der Waals surface area contributed by atoms with Crippen molar-refractivity contribution < 1.29 is 19.1 Å². The van der Waals surface area contributed by atoms with E-state index in [1.807, 2.05) is 115 Å². The summed E-state index contributed by atoms with van der Waals surface area (Å²) in [6.07, 6.45) is 4.07. The van der Waals surface area contributed by atoms with E-state index in [0.29, 0.717) is 55.4 Å². The fourth-order valence-electron chi connectivity index (χ4n) is 6.47. The molecule has 51 heavy (non-hydrogen) atoms. The van der Waals surface area contributed by atoms with Gasteiger partial charge in [0.1, 0.15) is 18.2 Å². The SMILES string of the molecule is CCn1nc(C)cc1C(=O)N=c1n(C)c2ccccc2n1C/C=C/Cn1c(=NC(=O)c2cc(C)nn2CC)n(C)c2cccc(COCOC)c21. The fraction of sp³-hybridized carbons (Fsp3) is 0.351.